The van der Waals surface area contributed by atoms with Crippen molar-refractivity contribution < 1.29 is 8.42 Å². The van der Waals surface area contributed by atoms with Gasteiger partial charge in [-0.25, -0.2) is 0 Å². The molecule has 0 fully saturated rings. The SMILES string of the molecule is CN(CCCN)S(=O)(=O)NCc1ccc(Cl)s1. The largest absolute Gasteiger partial charge is 0.330 e. The fourth-order valence-corrected chi connectivity index (χ4v) is 3.20. The number of nitrogens with zero attached hydrogens (tertiary/aromatic N) is 1. The lowest BCUT2D eigenvalue weighted by molar-refractivity contribution is 0.453. The molecular weight excluding hydrogens is 282 g/mol. The Labute approximate surface area is 111 Å². The molecule has 1 heterocycles. The second-order valence-corrected chi connectivity index (χ2v) is 7.16. The van der Waals surface area contributed by atoms with Crippen LogP contribution in [0.25, 0.3) is 0 Å². The molecule has 0 atom stereocenters. The van der Waals surface area contributed by atoms with Crippen LogP contribution in [0.4, 0.5) is 0 Å². The van der Waals surface area contributed by atoms with Gasteiger partial charge in [-0.2, -0.15) is 17.4 Å². The van der Waals surface area contributed by atoms with Crippen LogP contribution in [0.3, 0.4) is 0 Å². The molecule has 0 saturated carbocycles. The van der Waals surface area contributed by atoms with Gasteiger partial charge in [0.25, 0.3) is 10.2 Å². The van der Waals surface area contributed by atoms with Crippen LogP contribution in [-0.4, -0.2) is 32.9 Å². The number of halogens is 1. The number of nitrogens with one attached hydrogen (secondary N) is 1. The molecule has 0 aromatic carbocycles. The Balaban J connectivity index is 2.49. The average Bonchev–Trinajstić information content (AvgIpc) is 2.69. The molecule has 3 N–H and O–H groups in total. The van der Waals surface area contributed by atoms with E-state index < -0.39 is 10.2 Å². The lowest BCUT2D eigenvalue weighted by Gasteiger charge is -2.16. The van der Waals surface area contributed by atoms with Crippen molar-refractivity contribution in [3.63, 3.8) is 0 Å². The van der Waals surface area contributed by atoms with Gasteiger partial charge in [-0.05, 0) is 25.1 Å². The molecule has 0 saturated heterocycles. The van der Waals surface area contributed by atoms with E-state index in [0.717, 1.165) is 4.88 Å². The molecule has 8 heteroatoms. The summed E-state index contributed by atoms with van der Waals surface area (Å²) in [4.78, 5) is 0.880. The highest BCUT2D eigenvalue weighted by Gasteiger charge is 2.16. The molecular formula is C9H16ClN3O2S2. The number of nitrogens with two attached hydrogens (primary N) is 1. The van der Waals surface area contributed by atoms with Crippen LogP contribution >= 0.6 is 22.9 Å². The summed E-state index contributed by atoms with van der Waals surface area (Å²) < 4.78 is 27.9. The van der Waals surface area contributed by atoms with Crippen LogP contribution in [0.2, 0.25) is 4.34 Å². The van der Waals surface area contributed by atoms with E-state index in [-0.39, 0.29) is 6.54 Å². The minimum Gasteiger partial charge on any atom is -0.330 e. The van der Waals surface area contributed by atoms with Crippen molar-refractivity contribution >= 4 is 33.1 Å². The van der Waals surface area contributed by atoms with Gasteiger partial charge in [0.15, 0.2) is 0 Å². The van der Waals surface area contributed by atoms with E-state index in [4.69, 9.17) is 17.3 Å². The topological polar surface area (TPSA) is 75.4 Å². The predicted molar refractivity (Wildman–Crippen MR) is 71.4 cm³/mol. The summed E-state index contributed by atoms with van der Waals surface area (Å²) in [6.07, 6.45) is 0.641. The van der Waals surface area contributed by atoms with Crippen molar-refractivity contribution in [2.75, 3.05) is 20.1 Å². The summed E-state index contributed by atoms with van der Waals surface area (Å²) in [7, 11) is -1.90. The van der Waals surface area contributed by atoms with E-state index in [0.29, 0.717) is 23.8 Å². The molecule has 0 aliphatic rings. The Morgan fingerprint density at radius 2 is 2.24 bits per heavy atom. The molecule has 0 unspecified atom stereocenters. The van der Waals surface area contributed by atoms with Crippen LogP contribution in [-0.2, 0) is 16.8 Å². The number of thiophene rings is 1. The molecule has 0 bridgehead atoms. The van der Waals surface area contributed by atoms with Gasteiger partial charge < -0.3 is 5.73 Å². The number of rotatable bonds is 7. The fraction of sp³-hybridized carbons (Fsp3) is 0.556. The smallest absolute Gasteiger partial charge is 0.279 e. The monoisotopic (exact) mass is 297 g/mol. The molecule has 0 spiro atoms. The fourth-order valence-electron chi connectivity index (χ4n) is 1.15. The van der Waals surface area contributed by atoms with Crippen molar-refractivity contribution in [2.24, 2.45) is 5.73 Å². The van der Waals surface area contributed by atoms with Crippen LogP contribution in [0, 0.1) is 0 Å². The van der Waals surface area contributed by atoms with Crippen LogP contribution in [0.5, 0.6) is 0 Å². The zero-order chi connectivity index (χ0) is 12.9. The molecule has 0 aliphatic carbocycles. The summed E-state index contributed by atoms with van der Waals surface area (Å²) in [6, 6.07) is 3.55. The van der Waals surface area contributed by atoms with Crippen molar-refractivity contribution in [3.8, 4) is 0 Å². The quantitative estimate of drug-likeness (QED) is 0.789. The van der Waals surface area contributed by atoms with Crippen molar-refractivity contribution in [3.05, 3.63) is 21.3 Å². The van der Waals surface area contributed by atoms with E-state index in [9.17, 15) is 8.42 Å². The lowest BCUT2D eigenvalue weighted by atomic mass is 10.4. The van der Waals surface area contributed by atoms with Crippen molar-refractivity contribution in [2.45, 2.75) is 13.0 Å². The first-order valence-electron chi connectivity index (χ1n) is 5.11. The van der Waals surface area contributed by atoms with Gasteiger partial charge >= 0.3 is 0 Å². The summed E-state index contributed by atoms with van der Waals surface area (Å²) in [5.41, 5.74) is 5.33. The Kier molecular flexibility index (Phi) is 5.84. The van der Waals surface area contributed by atoms with Gasteiger partial charge in [0.2, 0.25) is 0 Å². The maximum Gasteiger partial charge on any atom is 0.279 e. The Hall–Kier alpha value is -0.180. The third-order valence-electron chi connectivity index (χ3n) is 2.15. The Morgan fingerprint density at radius 3 is 2.76 bits per heavy atom. The molecule has 5 nitrogen and oxygen atoms in total. The highest BCUT2D eigenvalue weighted by molar-refractivity contribution is 7.87. The standard InChI is InChI=1S/C9H16ClN3O2S2/c1-13(6-2-5-11)17(14,15)12-7-8-3-4-9(10)16-8/h3-4,12H,2,5-7,11H2,1H3. The zero-order valence-electron chi connectivity index (χ0n) is 9.52. The van der Waals surface area contributed by atoms with E-state index in [1.165, 1.54) is 22.7 Å². The molecule has 1 rings (SSSR count). The van der Waals surface area contributed by atoms with E-state index in [2.05, 4.69) is 4.72 Å². The van der Waals surface area contributed by atoms with Crippen LogP contribution in [0.1, 0.15) is 11.3 Å². The molecule has 1 aromatic heterocycles. The second kappa shape index (κ2) is 6.67. The maximum atomic E-state index is 11.8. The van der Waals surface area contributed by atoms with Gasteiger partial charge in [0, 0.05) is 25.0 Å². The number of hydrogen-bond acceptors (Lipinski definition) is 4. The molecule has 0 amide bonds. The Bertz CT molecular complexity index is 447. The molecule has 0 aliphatic heterocycles. The van der Waals surface area contributed by atoms with Crippen molar-refractivity contribution in [1.29, 1.82) is 0 Å². The molecule has 1 aromatic rings. The van der Waals surface area contributed by atoms with Gasteiger partial charge in [-0.3, -0.25) is 0 Å². The summed E-state index contributed by atoms with van der Waals surface area (Å²) in [6.45, 7) is 1.14. The lowest BCUT2D eigenvalue weighted by Crippen LogP contribution is -2.38. The third kappa shape index (κ3) is 4.90. The van der Waals surface area contributed by atoms with E-state index in [1.54, 1.807) is 12.1 Å². The first-order chi connectivity index (χ1) is 7.95. The van der Waals surface area contributed by atoms with Gasteiger partial charge in [0.05, 0.1) is 4.34 Å². The molecule has 17 heavy (non-hydrogen) atoms. The van der Waals surface area contributed by atoms with Gasteiger partial charge in [-0.15, -0.1) is 11.3 Å². The highest BCUT2D eigenvalue weighted by Crippen LogP contribution is 2.21. The Morgan fingerprint density at radius 1 is 1.53 bits per heavy atom. The first-order valence-corrected chi connectivity index (χ1v) is 7.74. The minimum absolute atomic E-state index is 0.257. The highest BCUT2D eigenvalue weighted by atomic mass is 35.5. The molecule has 0 radical (unpaired) electrons. The first kappa shape index (κ1) is 14.9. The minimum atomic E-state index is -3.43. The third-order valence-corrected chi connectivity index (χ3v) is 4.89. The molecule has 98 valence electrons. The van der Waals surface area contributed by atoms with Crippen LogP contribution in [0.15, 0.2) is 12.1 Å². The predicted octanol–water partition coefficient (Wildman–Crippen LogP) is 1.02. The van der Waals surface area contributed by atoms with E-state index >= 15 is 0 Å². The average molecular weight is 298 g/mol. The van der Waals surface area contributed by atoms with E-state index in [1.807, 2.05) is 0 Å². The summed E-state index contributed by atoms with van der Waals surface area (Å²) in [5, 5.41) is 0. The number of hydrogen-bond donors (Lipinski definition) is 2. The second-order valence-electron chi connectivity index (χ2n) is 3.50. The summed E-state index contributed by atoms with van der Waals surface area (Å²) in [5.74, 6) is 0. The zero-order valence-corrected chi connectivity index (χ0v) is 11.9. The van der Waals surface area contributed by atoms with Gasteiger partial charge in [-0.1, -0.05) is 11.6 Å². The van der Waals surface area contributed by atoms with Crippen LogP contribution < -0.4 is 10.5 Å². The van der Waals surface area contributed by atoms with Gasteiger partial charge in [0.1, 0.15) is 0 Å². The normalized spacial score (nSPS) is 12.2. The maximum absolute atomic E-state index is 11.8. The van der Waals surface area contributed by atoms with Crippen molar-refractivity contribution in [1.82, 2.24) is 9.03 Å². The summed E-state index contributed by atoms with van der Waals surface area (Å²) >= 11 is 7.12.